The molecule has 0 unspecified atom stereocenters. The van der Waals surface area contributed by atoms with E-state index in [4.69, 9.17) is 22.1 Å². The Morgan fingerprint density at radius 3 is 2.91 bits per heavy atom. The maximum Gasteiger partial charge on any atom is 0.150 e. The molecule has 0 bridgehead atoms. The molecule has 0 aliphatic rings. The van der Waals surface area contributed by atoms with E-state index in [-0.39, 0.29) is 12.3 Å². The van der Waals surface area contributed by atoms with Crippen LogP contribution in [0.25, 0.3) is 11.1 Å². The fourth-order valence-corrected chi connectivity index (χ4v) is 4.26. The fourth-order valence-electron chi connectivity index (χ4n) is 3.12. The summed E-state index contributed by atoms with van der Waals surface area (Å²) in [5.41, 5.74) is 9.09. The predicted molar refractivity (Wildman–Crippen MR) is 127 cm³/mol. The highest BCUT2D eigenvalue weighted by Crippen LogP contribution is 2.35. The third kappa shape index (κ3) is 5.07. The topological polar surface area (TPSA) is 97.7 Å². The number of nitrogen functional groups attached to an aromatic ring is 1. The summed E-state index contributed by atoms with van der Waals surface area (Å²) in [5.74, 6) is 1.65. The Labute approximate surface area is 194 Å². The standard InChI is InChI=1S/C22H23ClFN5O2S/c1-13(19-20-22(25)26-7-8-29(20)14(2)27-19)5-4-6-17(11-24)28-32-18-10-16(23)9-15(12-30)21(18)31-3/h4-11,28,30H,12H2,1-3H3,(H2,25,26)/b6-4-,13-5+,17-11-. The molecular formula is C22H23ClFN5O2S. The van der Waals surface area contributed by atoms with Crippen molar-refractivity contribution in [1.29, 1.82) is 0 Å². The molecule has 0 amide bonds. The van der Waals surface area contributed by atoms with Gasteiger partial charge in [-0.3, -0.25) is 4.40 Å². The number of rotatable bonds is 8. The zero-order valence-electron chi connectivity index (χ0n) is 17.8. The van der Waals surface area contributed by atoms with Gasteiger partial charge in [-0.15, -0.1) is 0 Å². The van der Waals surface area contributed by atoms with Crippen molar-refractivity contribution in [3.05, 3.63) is 76.9 Å². The number of imidazole rings is 1. The van der Waals surface area contributed by atoms with Crippen molar-refractivity contribution in [2.75, 3.05) is 12.8 Å². The Kier molecular flexibility index (Phi) is 7.79. The normalized spacial score (nSPS) is 12.7. The van der Waals surface area contributed by atoms with Crippen LogP contribution >= 0.6 is 23.5 Å². The monoisotopic (exact) mass is 475 g/mol. The molecule has 0 spiro atoms. The van der Waals surface area contributed by atoms with Crippen LogP contribution in [0, 0.1) is 6.92 Å². The molecule has 0 saturated carbocycles. The van der Waals surface area contributed by atoms with Crippen LogP contribution in [0.5, 0.6) is 5.75 Å². The maximum absolute atomic E-state index is 13.4. The number of anilines is 1. The number of ether oxygens (including phenoxy) is 1. The average Bonchev–Trinajstić information content (AvgIpc) is 3.13. The number of hydrogen-bond donors (Lipinski definition) is 3. The molecule has 7 nitrogen and oxygen atoms in total. The van der Waals surface area contributed by atoms with Gasteiger partial charge in [0, 0.05) is 23.0 Å². The number of nitrogens with one attached hydrogen (secondary N) is 1. The first-order valence-electron chi connectivity index (χ1n) is 9.54. The van der Waals surface area contributed by atoms with Crippen molar-refractivity contribution in [1.82, 2.24) is 19.1 Å². The van der Waals surface area contributed by atoms with Crippen LogP contribution in [0.2, 0.25) is 5.02 Å². The maximum atomic E-state index is 13.4. The fraction of sp³-hybridized carbons (Fsp3) is 0.182. The lowest BCUT2D eigenvalue weighted by Crippen LogP contribution is -2.02. The molecular weight excluding hydrogens is 453 g/mol. The third-order valence-electron chi connectivity index (χ3n) is 4.62. The lowest BCUT2D eigenvalue weighted by atomic mass is 10.2. The lowest BCUT2D eigenvalue weighted by Gasteiger charge is -2.13. The number of aliphatic hydroxyl groups excluding tert-OH is 1. The molecule has 1 aromatic carbocycles. The minimum Gasteiger partial charge on any atom is -0.495 e. The smallest absolute Gasteiger partial charge is 0.150 e. The van der Waals surface area contributed by atoms with Gasteiger partial charge in [-0.25, -0.2) is 14.4 Å². The number of aliphatic hydroxyl groups is 1. The van der Waals surface area contributed by atoms with E-state index in [0.29, 0.717) is 39.1 Å². The molecule has 32 heavy (non-hydrogen) atoms. The average molecular weight is 476 g/mol. The van der Waals surface area contributed by atoms with Crippen molar-refractivity contribution in [2.24, 2.45) is 0 Å². The van der Waals surface area contributed by atoms with Crippen molar-refractivity contribution >= 4 is 40.5 Å². The number of methoxy groups -OCH3 is 1. The summed E-state index contributed by atoms with van der Waals surface area (Å²) in [7, 11) is 1.50. The Balaban J connectivity index is 1.77. The minimum atomic E-state index is -0.227. The SMILES string of the molecule is COc1c(CO)cc(Cl)cc1SNC(/C=C\C=C(/C)c1nc(C)n2ccnc(N)c12)=C\F. The van der Waals surface area contributed by atoms with Gasteiger partial charge in [0.25, 0.3) is 0 Å². The first-order valence-corrected chi connectivity index (χ1v) is 10.7. The molecule has 4 N–H and O–H groups in total. The highest BCUT2D eigenvalue weighted by Gasteiger charge is 2.13. The second kappa shape index (κ2) is 10.5. The Bertz CT molecular complexity index is 1220. The first kappa shape index (κ1) is 23.6. The van der Waals surface area contributed by atoms with Gasteiger partial charge in [0.2, 0.25) is 0 Å². The first-order chi connectivity index (χ1) is 15.4. The number of fused-ring (bicyclic) bond motifs is 1. The Morgan fingerprint density at radius 2 is 2.22 bits per heavy atom. The number of nitrogens with two attached hydrogens (primary N) is 1. The molecule has 0 aliphatic heterocycles. The van der Waals surface area contributed by atoms with Crippen molar-refractivity contribution in [3.8, 4) is 5.75 Å². The summed E-state index contributed by atoms with van der Waals surface area (Å²) in [4.78, 5) is 9.33. The number of halogens is 2. The molecule has 0 atom stereocenters. The molecule has 0 fully saturated rings. The number of aryl methyl sites for hydroxylation is 1. The van der Waals surface area contributed by atoms with Crippen LogP contribution in [-0.4, -0.2) is 26.6 Å². The Hall–Kier alpha value is -3.01. The molecule has 2 heterocycles. The summed E-state index contributed by atoms with van der Waals surface area (Å²) in [6.45, 7) is 3.55. The van der Waals surface area contributed by atoms with Crippen molar-refractivity contribution < 1.29 is 14.2 Å². The lowest BCUT2D eigenvalue weighted by molar-refractivity contribution is 0.272. The molecule has 168 valence electrons. The van der Waals surface area contributed by atoms with Gasteiger partial charge < -0.3 is 20.3 Å². The summed E-state index contributed by atoms with van der Waals surface area (Å²) in [5, 5.41) is 9.93. The van der Waals surface area contributed by atoms with Gasteiger partial charge in [-0.05, 0) is 49.6 Å². The molecule has 3 aromatic rings. The second-order valence-corrected chi connectivity index (χ2v) is 8.06. The summed E-state index contributed by atoms with van der Waals surface area (Å²) in [6.07, 6.45) is 8.98. The number of aromatic nitrogens is 3. The van der Waals surface area contributed by atoms with Crippen LogP contribution in [0.15, 0.2) is 59.7 Å². The van der Waals surface area contributed by atoms with Crippen molar-refractivity contribution in [3.63, 3.8) is 0 Å². The van der Waals surface area contributed by atoms with Crippen LogP contribution < -0.4 is 15.2 Å². The largest absolute Gasteiger partial charge is 0.495 e. The van der Waals surface area contributed by atoms with E-state index in [1.54, 1.807) is 36.7 Å². The summed E-state index contributed by atoms with van der Waals surface area (Å²) in [6, 6.07) is 3.29. The summed E-state index contributed by atoms with van der Waals surface area (Å²) >= 11 is 7.22. The Morgan fingerprint density at radius 1 is 1.44 bits per heavy atom. The van der Waals surface area contributed by atoms with Crippen LogP contribution in [0.4, 0.5) is 10.2 Å². The van der Waals surface area contributed by atoms with Crippen LogP contribution in [-0.2, 0) is 6.61 Å². The van der Waals surface area contributed by atoms with E-state index < -0.39 is 0 Å². The van der Waals surface area contributed by atoms with Crippen molar-refractivity contribution in [2.45, 2.75) is 25.3 Å². The molecule has 0 saturated heterocycles. The van der Waals surface area contributed by atoms with Gasteiger partial charge in [0.05, 0.1) is 30.0 Å². The molecule has 0 radical (unpaired) electrons. The van der Waals surface area contributed by atoms with E-state index in [9.17, 15) is 9.50 Å². The van der Waals surface area contributed by atoms with Gasteiger partial charge in [0.1, 0.15) is 29.2 Å². The molecule has 10 heteroatoms. The van der Waals surface area contributed by atoms with Gasteiger partial charge in [0.15, 0.2) is 0 Å². The van der Waals surface area contributed by atoms with Crippen LogP contribution in [0.3, 0.4) is 0 Å². The molecule has 3 rings (SSSR count). The highest BCUT2D eigenvalue weighted by molar-refractivity contribution is 7.97. The van der Waals surface area contributed by atoms with Gasteiger partial charge >= 0.3 is 0 Å². The third-order valence-corrected chi connectivity index (χ3v) is 5.70. The van der Waals surface area contributed by atoms with Gasteiger partial charge in [-0.2, -0.15) is 0 Å². The van der Waals surface area contributed by atoms with E-state index in [0.717, 1.165) is 28.9 Å². The second-order valence-electron chi connectivity index (χ2n) is 6.77. The number of benzene rings is 1. The van der Waals surface area contributed by atoms with Gasteiger partial charge in [-0.1, -0.05) is 23.8 Å². The van der Waals surface area contributed by atoms with E-state index >= 15 is 0 Å². The van der Waals surface area contributed by atoms with E-state index in [2.05, 4.69) is 14.7 Å². The zero-order chi connectivity index (χ0) is 23.3. The summed E-state index contributed by atoms with van der Waals surface area (Å²) < 4.78 is 23.6. The minimum absolute atomic E-state index is 0.221. The predicted octanol–water partition coefficient (Wildman–Crippen LogP) is 4.84. The number of allylic oxidation sites excluding steroid dienone is 4. The highest BCUT2D eigenvalue weighted by atomic mass is 35.5. The quantitative estimate of drug-likeness (QED) is 0.316. The molecule has 2 aromatic heterocycles. The number of nitrogens with zero attached hydrogens (tertiary/aromatic N) is 3. The van der Waals surface area contributed by atoms with E-state index in [1.807, 2.05) is 24.3 Å². The number of hydrogen-bond acceptors (Lipinski definition) is 7. The van der Waals surface area contributed by atoms with Crippen LogP contribution in [0.1, 0.15) is 24.0 Å². The molecule has 0 aliphatic carbocycles. The van der Waals surface area contributed by atoms with E-state index in [1.165, 1.54) is 7.11 Å². The zero-order valence-corrected chi connectivity index (χ0v) is 19.3.